The molecule has 0 unspecified atom stereocenters. The minimum atomic E-state index is -3.27. The number of carbonyl (C=O) groups excluding carboxylic acids is 1. The van der Waals surface area contributed by atoms with E-state index in [2.05, 4.69) is 4.72 Å². The lowest BCUT2D eigenvalue weighted by Crippen LogP contribution is -2.33. The van der Waals surface area contributed by atoms with E-state index in [1.54, 1.807) is 19.1 Å². The van der Waals surface area contributed by atoms with Crippen molar-refractivity contribution in [1.82, 2.24) is 9.62 Å². The third-order valence-electron chi connectivity index (χ3n) is 3.27. The molecule has 0 aliphatic carbocycles. The first-order chi connectivity index (χ1) is 9.76. The molecular formula is C14H22N2O4S. The number of carbonyl (C=O) groups is 1. The minimum Gasteiger partial charge on any atom is -0.496 e. The van der Waals surface area contributed by atoms with Gasteiger partial charge in [-0.25, -0.2) is 13.1 Å². The van der Waals surface area contributed by atoms with Gasteiger partial charge >= 0.3 is 0 Å². The van der Waals surface area contributed by atoms with Crippen LogP contribution in [0.2, 0.25) is 0 Å². The molecular weight excluding hydrogens is 292 g/mol. The van der Waals surface area contributed by atoms with Crippen LogP contribution in [0.1, 0.15) is 24.9 Å². The van der Waals surface area contributed by atoms with Crippen LogP contribution < -0.4 is 9.46 Å². The second-order valence-corrected chi connectivity index (χ2v) is 6.67. The van der Waals surface area contributed by atoms with E-state index in [-0.39, 0.29) is 24.9 Å². The van der Waals surface area contributed by atoms with Crippen molar-refractivity contribution in [3.05, 3.63) is 29.8 Å². The highest BCUT2D eigenvalue weighted by molar-refractivity contribution is 7.88. The highest BCUT2D eigenvalue weighted by Crippen LogP contribution is 2.28. The first-order valence-corrected chi connectivity index (χ1v) is 8.48. The molecule has 0 heterocycles. The monoisotopic (exact) mass is 314 g/mol. The van der Waals surface area contributed by atoms with Crippen LogP contribution in [0, 0.1) is 0 Å². The molecule has 0 fully saturated rings. The molecule has 7 heteroatoms. The predicted molar refractivity (Wildman–Crippen MR) is 81.6 cm³/mol. The van der Waals surface area contributed by atoms with Gasteiger partial charge in [-0.2, -0.15) is 0 Å². The quantitative estimate of drug-likeness (QED) is 0.819. The second-order valence-electron chi connectivity index (χ2n) is 4.84. The van der Waals surface area contributed by atoms with E-state index < -0.39 is 10.0 Å². The normalized spacial score (nSPS) is 12.8. The Labute approximate surface area is 126 Å². The average molecular weight is 314 g/mol. The summed E-state index contributed by atoms with van der Waals surface area (Å²) in [6, 6.07) is 7.34. The number of para-hydroxylation sites is 1. The Balaban J connectivity index is 2.69. The first-order valence-electron chi connectivity index (χ1n) is 6.59. The average Bonchev–Trinajstić information content (AvgIpc) is 2.44. The van der Waals surface area contributed by atoms with Crippen molar-refractivity contribution in [3.8, 4) is 5.75 Å². The van der Waals surface area contributed by atoms with Gasteiger partial charge in [0.2, 0.25) is 15.9 Å². The maximum absolute atomic E-state index is 12.1. The van der Waals surface area contributed by atoms with E-state index in [1.807, 2.05) is 31.2 Å². The van der Waals surface area contributed by atoms with Gasteiger partial charge < -0.3 is 9.64 Å². The van der Waals surface area contributed by atoms with E-state index in [4.69, 9.17) is 4.74 Å². The summed E-state index contributed by atoms with van der Waals surface area (Å²) in [7, 11) is 0.0117. The third kappa shape index (κ3) is 5.35. The minimum absolute atomic E-state index is 0.0979. The molecule has 1 aromatic rings. The van der Waals surface area contributed by atoms with Gasteiger partial charge in [-0.3, -0.25) is 4.79 Å². The lowest BCUT2D eigenvalue weighted by atomic mass is 10.1. The van der Waals surface area contributed by atoms with Crippen molar-refractivity contribution in [2.24, 2.45) is 0 Å². The Hall–Kier alpha value is -1.60. The molecule has 1 aromatic carbocycles. The smallest absolute Gasteiger partial charge is 0.224 e. The summed E-state index contributed by atoms with van der Waals surface area (Å²) in [6.07, 6.45) is 1.18. The molecule has 118 valence electrons. The number of amides is 1. The van der Waals surface area contributed by atoms with Crippen molar-refractivity contribution in [2.45, 2.75) is 19.4 Å². The van der Waals surface area contributed by atoms with E-state index in [0.717, 1.165) is 17.6 Å². The molecule has 1 N–H and O–H groups in total. The maximum Gasteiger partial charge on any atom is 0.224 e. The van der Waals surface area contributed by atoms with Gasteiger partial charge in [0.1, 0.15) is 5.75 Å². The Bertz CT molecular complexity index is 586. The molecule has 0 aliphatic rings. The molecule has 6 nitrogen and oxygen atoms in total. The van der Waals surface area contributed by atoms with Crippen LogP contribution in [-0.4, -0.2) is 46.2 Å². The van der Waals surface area contributed by atoms with Crippen LogP contribution in [0.4, 0.5) is 0 Å². The van der Waals surface area contributed by atoms with Crippen LogP contribution >= 0.6 is 0 Å². The zero-order valence-electron chi connectivity index (χ0n) is 12.8. The summed E-state index contributed by atoms with van der Waals surface area (Å²) in [5.74, 6) is 0.587. The van der Waals surface area contributed by atoms with Crippen LogP contribution in [0.15, 0.2) is 24.3 Å². The molecule has 0 bridgehead atoms. The van der Waals surface area contributed by atoms with Gasteiger partial charge in [-0.1, -0.05) is 18.2 Å². The highest BCUT2D eigenvalue weighted by Gasteiger charge is 2.20. The largest absolute Gasteiger partial charge is 0.496 e. The fourth-order valence-electron chi connectivity index (χ4n) is 1.96. The summed E-state index contributed by atoms with van der Waals surface area (Å²) >= 11 is 0. The molecule has 0 aliphatic heterocycles. The number of ether oxygens (including phenoxy) is 1. The molecule has 1 atom stereocenters. The number of methoxy groups -OCH3 is 1. The van der Waals surface area contributed by atoms with Gasteiger partial charge in [0.05, 0.1) is 19.4 Å². The van der Waals surface area contributed by atoms with E-state index in [9.17, 15) is 13.2 Å². The van der Waals surface area contributed by atoms with Gasteiger partial charge in [0.25, 0.3) is 0 Å². The molecule has 0 spiro atoms. The van der Waals surface area contributed by atoms with E-state index in [0.29, 0.717) is 0 Å². The fourth-order valence-corrected chi connectivity index (χ4v) is 2.43. The first kappa shape index (κ1) is 17.5. The number of sulfonamides is 1. The van der Waals surface area contributed by atoms with Crippen molar-refractivity contribution in [3.63, 3.8) is 0 Å². The fraction of sp³-hybridized carbons (Fsp3) is 0.500. The van der Waals surface area contributed by atoms with Crippen LogP contribution in [0.3, 0.4) is 0 Å². The zero-order chi connectivity index (χ0) is 16.0. The highest BCUT2D eigenvalue weighted by atomic mass is 32.2. The standard InChI is InChI=1S/C14H22N2O4S/c1-11(12-7-5-6-8-13(12)20-3)16(2)14(17)9-10-15-21(4,18)19/h5-8,11,15H,9-10H2,1-4H3/t11-/m0/s1. The summed E-state index contributed by atoms with van der Waals surface area (Å²) in [5.41, 5.74) is 0.909. The Kier molecular flexibility index (Phi) is 6.17. The Morgan fingerprint density at radius 2 is 2.00 bits per heavy atom. The number of hydrogen-bond acceptors (Lipinski definition) is 4. The summed E-state index contributed by atoms with van der Waals surface area (Å²) in [4.78, 5) is 13.7. The number of nitrogens with zero attached hydrogens (tertiary/aromatic N) is 1. The van der Waals surface area contributed by atoms with Gasteiger partial charge in [-0.15, -0.1) is 0 Å². The zero-order valence-corrected chi connectivity index (χ0v) is 13.6. The number of rotatable bonds is 7. The molecule has 21 heavy (non-hydrogen) atoms. The van der Waals surface area contributed by atoms with E-state index in [1.165, 1.54) is 0 Å². The van der Waals surface area contributed by atoms with Crippen molar-refractivity contribution >= 4 is 15.9 Å². The Morgan fingerprint density at radius 1 is 1.38 bits per heavy atom. The molecule has 0 radical (unpaired) electrons. The molecule has 1 amide bonds. The Morgan fingerprint density at radius 3 is 2.57 bits per heavy atom. The maximum atomic E-state index is 12.1. The summed E-state index contributed by atoms with van der Waals surface area (Å²) in [6.45, 7) is 2.00. The second kappa shape index (κ2) is 7.42. The van der Waals surface area contributed by atoms with Gasteiger partial charge in [0, 0.05) is 25.6 Å². The lowest BCUT2D eigenvalue weighted by molar-refractivity contribution is -0.131. The summed E-state index contributed by atoms with van der Waals surface area (Å²) < 4.78 is 29.5. The predicted octanol–water partition coefficient (Wildman–Crippen LogP) is 1.15. The third-order valence-corrected chi connectivity index (χ3v) is 3.99. The van der Waals surface area contributed by atoms with Crippen LogP contribution in [0.5, 0.6) is 5.75 Å². The molecule has 0 aromatic heterocycles. The van der Waals surface area contributed by atoms with Crippen LogP contribution in [-0.2, 0) is 14.8 Å². The molecule has 1 rings (SSSR count). The topological polar surface area (TPSA) is 75.7 Å². The van der Waals surface area contributed by atoms with E-state index >= 15 is 0 Å². The van der Waals surface area contributed by atoms with Crippen molar-refractivity contribution < 1.29 is 17.9 Å². The molecule has 0 saturated carbocycles. The van der Waals surface area contributed by atoms with Gasteiger partial charge in [-0.05, 0) is 13.0 Å². The lowest BCUT2D eigenvalue weighted by Gasteiger charge is -2.26. The summed E-state index contributed by atoms with van der Waals surface area (Å²) in [5, 5.41) is 0. The number of hydrogen-bond donors (Lipinski definition) is 1. The number of nitrogens with one attached hydrogen (secondary N) is 1. The van der Waals surface area contributed by atoms with Crippen molar-refractivity contribution in [2.75, 3.05) is 27.0 Å². The van der Waals surface area contributed by atoms with Crippen molar-refractivity contribution in [1.29, 1.82) is 0 Å². The number of benzene rings is 1. The molecule has 0 saturated heterocycles. The van der Waals surface area contributed by atoms with Crippen LogP contribution in [0.25, 0.3) is 0 Å². The SMILES string of the molecule is COc1ccccc1[C@H](C)N(C)C(=O)CCNS(C)(=O)=O. The van der Waals surface area contributed by atoms with Gasteiger partial charge in [0.15, 0.2) is 0 Å².